The third-order valence-corrected chi connectivity index (χ3v) is 6.03. The molecule has 1 aliphatic rings. The summed E-state index contributed by atoms with van der Waals surface area (Å²) in [6.07, 6.45) is 1.75. The summed E-state index contributed by atoms with van der Waals surface area (Å²) >= 11 is 5.64. The molecular formula is C26H27N3OS. The zero-order valence-electron chi connectivity index (χ0n) is 17.4. The van der Waals surface area contributed by atoms with E-state index in [1.54, 1.807) is 0 Å². The first-order valence-corrected chi connectivity index (χ1v) is 11.1. The van der Waals surface area contributed by atoms with E-state index in [2.05, 4.69) is 47.0 Å². The van der Waals surface area contributed by atoms with E-state index in [-0.39, 0.29) is 18.0 Å². The molecule has 1 atom stereocenters. The highest BCUT2D eigenvalue weighted by molar-refractivity contribution is 7.80. The highest BCUT2D eigenvalue weighted by Crippen LogP contribution is 2.24. The molecule has 4 rings (SSSR count). The van der Waals surface area contributed by atoms with E-state index in [9.17, 15) is 4.79 Å². The minimum Gasteiger partial charge on any atom is -0.358 e. The van der Waals surface area contributed by atoms with Crippen LogP contribution in [0, 0.1) is 0 Å². The van der Waals surface area contributed by atoms with E-state index in [1.807, 2.05) is 59.5 Å². The zero-order valence-corrected chi connectivity index (χ0v) is 18.2. The van der Waals surface area contributed by atoms with Gasteiger partial charge in [0.15, 0.2) is 5.11 Å². The number of carbonyl (C=O) groups excluding carboxylic acids is 1. The predicted molar refractivity (Wildman–Crippen MR) is 128 cm³/mol. The Hall–Kier alpha value is -3.18. The molecule has 3 aromatic rings. The van der Waals surface area contributed by atoms with Crippen LogP contribution < -0.4 is 10.6 Å². The van der Waals surface area contributed by atoms with Crippen LogP contribution in [0.1, 0.15) is 35.6 Å². The van der Waals surface area contributed by atoms with Crippen molar-refractivity contribution < 1.29 is 4.79 Å². The smallest absolute Gasteiger partial charge is 0.243 e. The largest absolute Gasteiger partial charge is 0.358 e. The molecule has 0 spiro atoms. The molecule has 1 saturated heterocycles. The van der Waals surface area contributed by atoms with Gasteiger partial charge in [-0.25, -0.2) is 0 Å². The van der Waals surface area contributed by atoms with E-state index in [1.165, 1.54) is 5.56 Å². The van der Waals surface area contributed by atoms with Gasteiger partial charge in [-0.15, -0.1) is 0 Å². The molecule has 1 heterocycles. The van der Waals surface area contributed by atoms with E-state index in [0.717, 1.165) is 30.5 Å². The van der Waals surface area contributed by atoms with Crippen molar-refractivity contribution in [3.05, 3.63) is 108 Å². The summed E-state index contributed by atoms with van der Waals surface area (Å²) < 4.78 is 0. The number of amides is 1. The van der Waals surface area contributed by atoms with Crippen LogP contribution in [-0.2, 0) is 11.3 Å². The monoisotopic (exact) mass is 429 g/mol. The van der Waals surface area contributed by atoms with E-state index in [0.29, 0.717) is 11.7 Å². The Bertz CT molecular complexity index is 955. The number of likely N-dealkylation sites (tertiary alicyclic amines) is 1. The van der Waals surface area contributed by atoms with Gasteiger partial charge >= 0.3 is 0 Å². The van der Waals surface area contributed by atoms with Crippen molar-refractivity contribution in [2.45, 2.75) is 31.5 Å². The topological polar surface area (TPSA) is 44.4 Å². The number of rotatable bonds is 6. The fourth-order valence-corrected chi connectivity index (χ4v) is 4.34. The molecule has 2 N–H and O–H groups in total. The van der Waals surface area contributed by atoms with Gasteiger partial charge in [0, 0.05) is 13.1 Å². The van der Waals surface area contributed by atoms with Crippen LogP contribution in [0.25, 0.3) is 0 Å². The van der Waals surface area contributed by atoms with Gasteiger partial charge in [-0.1, -0.05) is 91.0 Å². The van der Waals surface area contributed by atoms with Crippen LogP contribution in [0.2, 0.25) is 0 Å². The Balaban J connectivity index is 1.46. The first-order valence-electron chi connectivity index (χ1n) is 10.7. The fourth-order valence-electron chi connectivity index (χ4n) is 4.05. The quantitative estimate of drug-likeness (QED) is 0.569. The van der Waals surface area contributed by atoms with Crippen molar-refractivity contribution in [2.75, 3.05) is 6.54 Å². The summed E-state index contributed by atoms with van der Waals surface area (Å²) in [4.78, 5) is 15.4. The predicted octanol–water partition coefficient (Wildman–Crippen LogP) is 4.43. The zero-order chi connectivity index (χ0) is 21.5. The molecular weight excluding hydrogens is 402 g/mol. The van der Waals surface area contributed by atoms with Crippen LogP contribution in [0.15, 0.2) is 91.0 Å². The summed E-state index contributed by atoms with van der Waals surface area (Å²) in [5, 5.41) is 7.24. The molecule has 0 bridgehead atoms. The second kappa shape index (κ2) is 10.2. The van der Waals surface area contributed by atoms with Gasteiger partial charge in [-0.2, -0.15) is 0 Å². The van der Waals surface area contributed by atoms with E-state index in [4.69, 9.17) is 12.2 Å². The molecule has 3 aromatic carbocycles. The summed E-state index contributed by atoms with van der Waals surface area (Å²) in [5.41, 5.74) is 3.30. The van der Waals surface area contributed by atoms with Crippen LogP contribution in [-0.4, -0.2) is 28.5 Å². The first-order chi connectivity index (χ1) is 15.2. The molecule has 5 heteroatoms. The molecule has 4 nitrogen and oxygen atoms in total. The van der Waals surface area contributed by atoms with Gasteiger partial charge in [0.25, 0.3) is 0 Å². The Labute approximate surface area is 189 Å². The lowest BCUT2D eigenvalue weighted by Gasteiger charge is -2.29. The maximum atomic E-state index is 13.4. The Morgan fingerprint density at radius 1 is 0.903 bits per heavy atom. The molecule has 1 amide bonds. The number of thiocarbonyl (C=S) groups is 1. The van der Waals surface area contributed by atoms with Crippen LogP contribution in [0.4, 0.5) is 0 Å². The van der Waals surface area contributed by atoms with Crippen molar-refractivity contribution in [1.29, 1.82) is 0 Å². The molecule has 1 aliphatic heterocycles. The number of carbonyl (C=O) groups is 1. The van der Waals surface area contributed by atoms with Crippen LogP contribution >= 0.6 is 12.2 Å². The van der Waals surface area contributed by atoms with Gasteiger partial charge < -0.3 is 15.5 Å². The highest BCUT2D eigenvalue weighted by Gasteiger charge is 2.33. The third kappa shape index (κ3) is 5.30. The molecule has 158 valence electrons. The number of nitrogens with zero attached hydrogens (tertiary/aromatic N) is 1. The Kier molecular flexibility index (Phi) is 6.95. The Morgan fingerprint density at radius 2 is 1.45 bits per heavy atom. The molecule has 0 radical (unpaired) electrons. The summed E-state index contributed by atoms with van der Waals surface area (Å²) in [6, 6.07) is 29.9. The van der Waals surface area contributed by atoms with Gasteiger partial charge in [-0.05, 0) is 41.7 Å². The van der Waals surface area contributed by atoms with Gasteiger partial charge in [0.2, 0.25) is 5.91 Å². The van der Waals surface area contributed by atoms with Crippen molar-refractivity contribution in [3.8, 4) is 0 Å². The van der Waals surface area contributed by atoms with Crippen molar-refractivity contribution >= 4 is 23.2 Å². The van der Waals surface area contributed by atoms with E-state index >= 15 is 0 Å². The molecule has 0 unspecified atom stereocenters. The van der Waals surface area contributed by atoms with Crippen LogP contribution in [0.3, 0.4) is 0 Å². The number of nitrogens with one attached hydrogen (secondary N) is 2. The Morgan fingerprint density at radius 3 is 2.03 bits per heavy atom. The van der Waals surface area contributed by atoms with Crippen molar-refractivity contribution in [1.82, 2.24) is 15.5 Å². The summed E-state index contributed by atoms with van der Waals surface area (Å²) in [6.45, 7) is 1.45. The van der Waals surface area contributed by atoms with E-state index < -0.39 is 0 Å². The maximum absolute atomic E-state index is 13.4. The fraction of sp³-hybridized carbons (Fsp3) is 0.231. The lowest BCUT2D eigenvalue weighted by atomic mass is 9.98. The maximum Gasteiger partial charge on any atom is 0.243 e. The van der Waals surface area contributed by atoms with Crippen molar-refractivity contribution in [2.24, 2.45) is 0 Å². The lowest BCUT2D eigenvalue weighted by Crippen LogP contribution is -2.50. The lowest BCUT2D eigenvalue weighted by molar-refractivity contribution is -0.124. The number of hydrogen-bond donors (Lipinski definition) is 2. The minimum atomic E-state index is -0.259. The minimum absolute atomic E-state index is 0.0130. The second-order valence-corrected chi connectivity index (χ2v) is 8.15. The van der Waals surface area contributed by atoms with Gasteiger partial charge in [0.05, 0.1) is 6.04 Å². The number of hydrogen-bond acceptors (Lipinski definition) is 2. The average Bonchev–Trinajstić information content (AvgIpc) is 3.33. The summed E-state index contributed by atoms with van der Waals surface area (Å²) in [7, 11) is 0. The SMILES string of the molecule is O=C(NC(c1ccccc1)c1ccccc1)[C@@H]1CCCN1C(=S)NCc1ccccc1. The molecule has 31 heavy (non-hydrogen) atoms. The highest BCUT2D eigenvalue weighted by atomic mass is 32.1. The molecule has 0 aliphatic carbocycles. The number of benzene rings is 3. The second-order valence-electron chi connectivity index (χ2n) is 7.76. The van der Waals surface area contributed by atoms with Crippen LogP contribution in [0.5, 0.6) is 0 Å². The summed E-state index contributed by atoms with van der Waals surface area (Å²) in [5.74, 6) is 0.0130. The molecule has 0 saturated carbocycles. The first kappa shape index (κ1) is 21.1. The molecule has 0 aromatic heterocycles. The van der Waals surface area contributed by atoms with Gasteiger partial charge in [-0.3, -0.25) is 4.79 Å². The van der Waals surface area contributed by atoms with Gasteiger partial charge in [0.1, 0.15) is 6.04 Å². The third-order valence-electron chi connectivity index (χ3n) is 5.66. The standard InChI is InChI=1S/C26H27N3OS/c30-25(28-24(21-13-6-2-7-14-21)22-15-8-3-9-16-22)23-17-10-18-29(23)26(31)27-19-20-11-4-1-5-12-20/h1-9,11-16,23-24H,10,17-19H2,(H,27,31)(H,28,30)/t23-/m0/s1. The van der Waals surface area contributed by atoms with Crippen molar-refractivity contribution in [3.63, 3.8) is 0 Å². The molecule has 1 fully saturated rings. The normalized spacial score (nSPS) is 15.6. The average molecular weight is 430 g/mol.